The zero-order chi connectivity index (χ0) is 24.0. The molecule has 0 bridgehead atoms. The predicted molar refractivity (Wildman–Crippen MR) is 119 cm³/mol. The Morgan fingerprint density at radius 3 is 2.55 bits per heavy atom. The van der Waals surface area contributed by atoms with Gasteiger partial charge >= 0.3 is 12.1 Å². The number of carboxylic acid groups (broad SMARTS) is 1. The SMILES string of the molecule is COc1cc2c3c(c(C)nc2cc1OCCCN1CCCC1)CCCN3.O=C(O)C(F)(F)F. The molecule has 33 heavy (non-hydrogen) atoms. The van der Waals surface area contributed by atoms with Crippen molar-refractivity contribution in [3.8, 4) is 11.5 Å². The van der Waals surface area contributed by atoms with Crippen molar-refractivity contribution in [1.82, 2.24) is 9.88 Å². The summed E-state index contributed by atoms with van der Waals surface area (Å²) in [6, 6.07) is 4.11. The van der Waals surface area contributed by atoms with Crippen molar-refractivity contribution >= 4 is 22.6 Å². The molecule has 182 valence electrons. The van der Waals surface area contributed by atoms with Gasteiger partial charge in [-0.25, -0.2) is 4.79 Å². The van der Waals surface area contributed by atoms with Crippen molar-refractivity contribution in [2.75, 3.05) is 45.2 Å². The summed E-state index contributed by atoms with van der Waals surface area (Å²) in [4.78, 5) is 16.2. The first-order valence-electron chi connectivity index (χ1n) is 11.1. The van der Waals surface area contributed by atoms with Crippen LogP contribution in [0.1, 0.15) is 36.9 Å². The lowest BCUT2D eigenvalue weighted by Gasteiger charge is -2.22. The topological polar surface area (TPSA) is 83.9 Å². The Hall–Kier alpha value is -2.75. The predicted octanol–water partition coefficient (Wildman–Crippen LogP) is 4.41. The molecule has 0 saturated carbocycles. The number of nitrogens with zero attached hydrogens (tertiary/aromatic N) is 2. The molecule has 0 unspecified atom stereocenters. The normalized spacial score (nSPS) is 15.9. The van der Waals surface area contributed by atoms with Gasteiger partial charge in [0.1, 0.15) is 0 Å². The van der Waals surface area contributed by atoms with Gasteiger partial charge in [0, 0.05) is 35.9 Å². The van der Waals surface area contributed by atoms with Crippen LogP contribution in [0.2, 0.25) is 0 Å². The minimum atomic E-state index is -5.08. The minimum absolute atomic E-state index is 0.709. The summed E-state index contributed by atoms with van der Waals surface area (Å²) in [5.41, 5.74) is 4.65. The van der Waals surface area contributed by atoms with Crippen LogP contribution < -0.4 is 14.8 Å². The number of ether oxygens (including phenoxy) is 2. The molecule has 2 N–H and O–H groups in total. The Labute approximate surface area is 190 Å². The largest absolute Gasteiger partial charge is 0.493 e. The van der Waals surface area contributed by atoms with Gasteiger partial charge in [-0.1, -0.05) is 0 Å². The first-order chi connectivity index (χ1) is 15.7. The fourth-order valence-electron chi connectivity index (χ4n) is 4.17. The van der Waals surface area contributed by atoms with Gasteiger partial charge in [-0.15, -0.1) is 0 Å². The summed E-state index contributed by atoms with van der Waals surface area (Å²) < 4.78 is 43.4. The van der Waals surface area contributed by atoms with Crippen LogP contribution in [-0.2, 0) is 11.2 Å². The van der Waals surface area contributed by atoms with E-state index in [9.17, 15) is 13.2 Å². The number of halogens is 3. The van der Waals surface area contributed by atoms with Crippen molar-refractivity contribution in [2.45, 2.75) is 45.2 Å². The summed E-state index contributed by atoms with van der Waals surface area (Å²) in [6.07, 6.45) is 0.884. The molecule has 0 radical (unpaired) electrons. The highest BCUT2D eigenvalue weighted by Gasteiger charge is 2.38. The van der Waals surface area contributed by atoms with E-state index in [1.54, 1.807) is 7.11 Å². The Morgan fingerprint density at radius 1 is 1.21 bits per heavy atom. The molecule has 4 rings (SSSR count). The number of aromatic nitrogens is 1. The van der Waals surface area contributed by atoms with Gasteiger partial charge in [0.05, 0.1) is 19.2 Å². The molecule has 1 fully saturated rings. The van der Waals surface area contributed by atoms with Crippen molar-refractivity contribution < 1.29 is 32.5 Å². The van der Waals surface area contributed by atoms with Gasteiger partial charge in [0.2, 0.25) is 0 Å². The summed E-state index contributed by atoms with van der Waals surface area (Å²) in [6.45, 7) is 7.42. The second-order valence-corrected chi connectivity index (χ2v) is 8.15. The number of pyridine rings is 1. The highest BCUT2D eigenvalue weighted by atomic mass is 19.4. The number of methoxy groups -OCH3 is 1. The number of nitrogens with one attached hydrogen (secondary N) is 1. The zero-order valence-electron chi connectivity index (χ0n) is 18.9. The third-order valence-electron chi connectivity index (χ3n) is 5.80. The lowest BCUT2D eigenvalue weighted by atomic mass is 9.98. The third-order valence-corrected chi connectivity index (χ3v) is 5.80. The van der Waals surface area contributed by atoms with Gasteiger partial charge in [0.15, 0.2) is 11.5 Å². The van der Waals surface area contributed by atoms with E-state index in [-0.39, 0.29) is 0 Å². The number of anilines is 1. The van der Waals surface area contributed by atoms with Crippen molar-refractivity contribution in [2.24, 2.45) is 0 Å². The number of carboxylic acids is 1. The number of aryl methyl sites for hydroxylation is 1. The molecule has 0 atom stereocenters. The Morgan fingerprint density at radius 2 is 1.91 bits per heavy atom. The molecule has 2 aromatic rings. The molecular weight excluding hydrogens is 439 g/mol. The summed E-state index contributed by atoms with van der Waals surface area (Å²) in [5, 5.41) is 11.8. The monoisotopic (exact) mass is 469 g/mol. The molecule has 2 aliphatic rings. The van der Waals surface area contributed by atoms with Gasteiger partial charge in [-0.2, -0.15) is 13.2 Å². The molecular formula is C23H30F3N3O4. The quantitative estimate of drug-likeness (QED) is 0.607. The smallest absolute Gasteiger partial charge is 0.490 e. The maximum Gasteiger partial charge on any atom is 0.490 e. The van der Waals surface area contributed by atoms with Crippen LogP contribution in [0, 0.1) is 6.92 Å². The number of hydrogen-bond donors (Lipinski definition) is 2. The van der Waals surface area contributed by atoms with Crippen LogP contribution in [0.3, 0.4) is 0 Å². The maximum atomic E-state index is 10.6. The van der Waals surface area contributed by atoms with Gasteiger partial charge in [-0.05, 0) is 63.7 Å². The highest BCUT2D eigenvalue weighted by molar-refractivity contribution is 5.96. The molecule has 0 aliphatic carbocycles. The van der Waals surface area contributed by atoms with E-state index >= 15 is 0 Å². The number of benzene rings is 1. The van der Waals surface area contributed by atoms with Crippen LogP contribution >= 0.6 is 0 Å². The van der Waals surface area contributed by atoms with Crippen molar-refractivity contribution in [3.05, 3.63) is 23.4 Å². The fourth-order valence-corrected chi connectivity index (χ4v) is 4.17. The molecule has 2 aliphatic heterocycles. The maximum absolute atomic E-state index is 10.6. The van der Waals surface area contributed by atoms with Crippen molar-refractivity contribution in [3.63, 3.8) is 0 Å². The standard InChI is InChI=1S/C21H29N3O2.C2HF3O2/c1-15-16-7-5-8-22-21(16)17-13-19(25-2)20(14-18(17)23-15)26-12-6-11-24-9-3-4-10-24;3-2(4,5)1(6)7/h13-14,22H,3-12H2,1-2H3;(H,6,7). The number of aliphatic carboxylic acids is 1. The average Bonchev–Trinajstić information content (AvgIpc) is 3.30. The Bertz CT molecular complexity index is 976. The molecule has 0 amide bonds. The van der Waals surface area contributed by atoms with E-state index in [0.29, 0.717) is 6.61 Å². The summed E-state index contributed by atoms with van der Waals surface area (Å²) in [5.74, 6) is -1.17. The number of rotatable bonds is 6. The zero-order valence-corrected chi connectivity index (χ0v) is 18.9. The van der Waals surface area contributed by atoms with Crippen LogP contribution in [0.4, 0.5) is 18.9 Å². The Balaban J connectivity index is 0.000000383. The minimum Gasteiger partial charge on any atom is -0.493 e. The van der Waals surface area contributed by atoms with Crippen LogP contribution in [0.15, 0.2) is 12.1 Å². The summed E-state index contributed by atoms with van der Waals surface area (Å²) >= 11 is 0. The number of carbonyl (C=O) groups is 1. The first kappa shape index (κ1) is 24.9. The van der Waals surface area contributed by atoms with Crippen LogP contribution in [0.5, 0.6) is 11.5 Å². The lowest BCUT2D eigenvalue weighted by Crippen LogP contribution is -2.22. The molecule has 1 saturated heterocycles. The van der Waals surface area contributed by atoms with Gasteiger partial charge in [0.25, 0.3) is 0 Å². The first-order valence-corrected chi connectivity index (χ1v) is 11.1. The Kier molecular flexibility index (Phi) is 8.23. The number of hydrogen-bond acceptors (Lipinski definition) is 6. The van der Waals surface area contributed by atoms with Crippen molar-refractivity contribution in [1.29, 1.82) is 0 Å². The van der Waals surface area contributed by atoms with Crippen LogP contribution in [-0.4, -0.2) is 67.0 Å². The average molecular weight is 470 g/mol. The highest BCUT2D eigenvalue weighted by Crippen LogP contribution is 2.38. The molecule has 1 aromatic heterocycles. The lowest BCUT2D eigenvalue weighted by molar-refractivity contribution is -0.192. The number of alkyl halides is 3. The third kappa shape index (κ3) is 6.40. The van der Waals surface area contributed by atoms with E-state index in [1.165, 1.54) is 37.2 Å². The number of likely N-dealkylation sites (tertiary alicyclic amines) is 1. The van der Waals surface area contributed by atoms with E-state index in [2.05, 4.69) is 23.2 Å². The van der Waals surface area contributed by atoms with E-state index in [0.717, 1.165) is 60.4 Å². The fraction of sp³-hybridized carbons (Fsp3) is 0.565. The van der Waals surface area contributed by atoms with Crippen LogP contribution in [0.25, 0.3) is 10.9 Å². The van der Waals surface area contributed by atoms with Gasteiger partial charge in [-0.3, -0.25) is 4.98 Å². The van der Waals surface area contributed by atoms with E-state index in [1.807, 2.05) is 6.07 Å². The molecule has 7 nitrogen and oxygen atoms in total. The molecule has 0 spiro atoms. The second-order valence-electron chi connectivity index (χ2n) is 8.15. The second kappa shape index (κ2) is 10.9. The molecule has 1 aromatic carbocycles. The number of fused-ring (bicyclic) bond motifs is 3. The molecule has 10 heteroatoms. The van der Waals surface area contributed by atoms with E-state index in [4.69, 9.17) is 24.4 Å². The van der Waals surface area contributed by atoms with Gasteiger partial charge < -0.3 is 24.8 Å². The van der Waals surface area contributed by atoms with E-state index < -0.39 is 12.1 Å². The molecule has 3 heterocycles. The summed E-state index contributed by atoms with van der Waals surface area (Å²) in [7, 11) is 1.71.